The van der Waals surface area contributed by atoms with Crippen LogP contribution in [0.2, 0.25) is 0 Å². The number of aromatic nitrogens is 2. The molecule has 0 spiro atoms. The molecule has 0 radical (unpaired) electrons. The van der Waals surface area contributed by atoms with Crippen molar-refractivity contribution < 1.29 is 22.4 Å². The van der Waals surface area contributed by atoms with Gasteiger partial charge >= 0.3 is 6.18 Å². The molecule has 3 rings (SSSR count). The van der Waals surface area contributed by atoms with Crippen molar-refractivity contribution in [1.29, 1.82) is 0 Å². The van der Waals surface area contributed by atoms with Crippen LogP contribution in [0.1, 0.15) is 52.0 Å². The van der Waals surface area contributed by atoms with Crippen LogP contribution in [-0.2, 0) is 12.7 Å². The van der Waals surface area contributed by atoms with Gasteiger partial charge in [0.2, 0.25) is 5.76 Å². The van der Waals surface area contributed by atoms with E-state index in [1.165, 1.54) is 13.0 Å². The molecular formula is C15H14F3N3O3. The number of furan rings is 1. The van der Waals surface area contributed by atoms with Gasteiger partial charge in [0.15, 0.2) is 0 Å². The third-order valence-electron chi connectivity index (χ3n) is 3.66. The quantitative estimate of drug-likeness (QED) is 0.894. The highest BCUT2D eigenvalue weighted by Crippen LogP contribution is 2.37. The smallest absolute Gasteiger partial charge is 0.449 e. The zero-order valence-corrected chi connectivity index (χ0v) is 12.7. The molecule has 9 heteroatoms. The molecule has 1 saturated carbocycles. The molecule has 1 aliphatic carbocycles. The normalized spacial score (nSPS) is 14.7. The largest absolute Gasteiger partial charge is 0.456 e. The van der Waals surface area contributed by atoms with Crippen LogP contribution in [0.15, 0.2) is 21.5 Å². The van der Waals surface area contributed by atoms with Crippen LogP contribution >= 0.6 is 0 Å². The lowest BCUT2D eigenvalue weighted by molar-refractivity contribution is -0.154. The van der Waals surface area contributed by atoms with E-state index < -0.39 is 29.9 Å². The lowest BCUT2D eigenvalue weighted by Gasteiger charge is -2.07. The van der Waals surface area contributed by atoms with E-state index in [1.807, 2.05) is 0 Å². The molecule has 2 N–H and O–H groups in total. The van der Waals surface area contributed by atoms with Gasteiger partial charge in [0, 0.05) is 24.2 Å². The molecule has 2 aromatic rings. The number of H-pyrrole nitrogens is 1. The lowest BCUT2D eigenvalue weighted by atomic mass is 10.2. The second-order valence-corrected chi connectivity index (χ2v) is 5.68. The average molecular weight is 341 g/mol. The van der Waals surface area contributed by atoms with Crippen molar-refractivity contribution in [2.24, 2.45) is 0 Å². The fourth-order valence-corrected chi connectivity index (χ4v) is 2.34. The van der Waals surface area contributed by atoms with Crippen molar-refractivity contribution in [2.75, 3.05) is 0 Å². The molecule has 0 atom stereocenters. The highest BCUT2D eigenvalue weighted by molar-refractivity contribution is 5.93. The van der Waals surface area contributed by atoms with Crippen LogP contribution in [0.5, 0.6) is 0 Å². The number of rotatable bonds is 4. The molecule has 1 fully saturated rings. The zero-order chi connectivity index (χ0) is 17.5. The van der Waals surface area contributed by atoms with Crippen molar-refractivity contribution in [2.45, 2.75) is 38.4 Å². The minimum absolute atomic E-state index is 0.0832. The number of aryl methyl sites for hydroxylation is 1. The van der Waals surface area contributed by atoms with Crippen LogP contribution in [0.3, 0.4) is 0 Å². The van der Waals surface area contributed by atoms with Gasteiger partial charge in [-0.1, -0.05) is 0 Å². The van der Waals surface area contributed by atoms with Gasteiger partial charge in [-0.3, -0.25) is 9.59 Å². The summed E-state index contributed by atoms with van der Waals surface area (Å²) in [5.74, 6) is -1.12. The van der Waals surface area contributed by atoms with Crippen molar-refractivity contribution in [1.82, 2.24) is 15.3 Å². The standard InChI is InChI=1S/C15H14F3N3O3/c1-7-4-9(11(24-7)15(16,17)18)5-20-13(22)10-6-19-12(8-2-3-8)21-14(10)23/h4,6,8H,2-3,5H2,1H3,(H,20,22)(H,19,21,23). The van der Waals surface area contributed by atoms with Crippen LogP contribution in [0.25, 0.3) is 0 Å². The Bertz CT molecular complexity index is 834. The minimum Gasteiger partial charge on any atom is -0.456 e. The van der Waals surface area contributed by atoms with Crippen LogP contribution in [-0.4, -0.2) is 15.9 Å². The Labute approximate surface area is 134 Å². The summed E-state index contributed by atoms with van der Waals surface area (Å²) >= 11 is 0. The van der Waals surface area contributed by atoms with Crippen LogP contribution < -0.4 is 10.9 Å². The number of amides is 1. The molecule has 24 heavy (non-hydrogen) atoms. The summed E-state index contributed by atoms with van der Waals surface area (Å²) in [4.78, 5) is 30.5. The number of aromatic amines is 1. The number of carbonyl (C=O) groups excluding carboxylic acids is 1. The number of halogens is 3. The van der Waals surface area contributed by atoms with E-state index in [-0.39, 0.29) is 22.8 Å². The van der Waals surface area contributed by atoms with E-state index in [0.29, 0.717) is 5.82 Å². The van der Waals surface area contributed by atoms with Gasteiger partial charge in [0.25, 0.3) is 11.5 Å². The summed E-state index contributed by atoms with van der Waals surface area (Å²) in [5.41, 5.74) is -1.05. The van der Waals surface area contributed by atoms with E-state index in [0.717, 1.165) is 19.0 Å². The fraction of sp³-hybridized carbons (Fsp3) is 0.400. The predicted octanol–water partition coefficient (Wildman–Crippen LogP) is 2.50. The first-order valence-electron chi connectivity index (χ1n) is 7.29. The van der Waals surface area contributed by atoms with Crippen LogP contribution in [0.4, 0.5) is 13.2 Å². The Morgan fingerprint density at radius 3 is 2.75 bits per heavy atom. The number of nitrogens with zero attached hydrogens (tertiary/aromatic N) is 1. The molecule has 1 aliphatic rings. The van der Waals surface area contributed by atoms with Crippen molar-refractivity contribution in [3.8, 4) is 0 Å². The molecule has 128 valence electrons. The molecule has 0 aromatic carbocycles. The Morgan fingerprint density at radius 2 is 2.17 bits per heavy atom. The van der Waals surface area contributed by atoms with Gasteiger partial charge in [-0.25, -0.2) is 4.98 Å². The summed E-state index contributed by atoms with van der Waals surface area (Å²) in [6.07, 6.45) is -1.63. The van der Waals surface area contributed by atoms with Gasteiger partial charge < -0.3 is 14.7 Å². The molecule has 0 saturated heterocycles. The molecular weight excluding hydrogens is 327 g/mol. The number of nitrogens with one attached hydrogen (secondary N) is 2. The highest BCUT2D eigenvalue weighted by Gasteiger charge is 2.38. The van der Waals surface area contributed by atoms with E-state index in [2.05, 4.69) is 19.7 Å². The number of hydrogen-bond acceptors (Lipinski definition) is 4. The van der Waals surface area contributed by atoms with E-state index >= 15 is 0 Å². The Kier molecular flexibility index (Phi) is 3.94. The van der Waals surface area contributed by atoms with Crippen molar-refractivity contribution in [3.05, 3.63) is 51.1 Å². The van der Waals surface area contributed by atoms with E-state index in [4.69, 9.17) is 0 Å². The second kappa shape index (κ2) is 5.81. The molecule has 0 unspecified atom stereocenters. The third kappa shape index (κ3) is 3.34. The van der Waals surface area contributed by atoms with Gasteiger partial charge in [-0.15, -0.1) is 0 Å². The summed E-state index contributed by atoms with van der Waals surface area (Å²) in [7, 11) is 0. The number of carbonyl (C=O) groups is 1. The van der Waals surface area contributed by atoms with Crippen molar-refractivity contribution in [3.63, 3.8) is 0 Å². The van der Waals surface area contributed by atoms with E-state index in [1.54, 1.807) is 0 Å². The Morgan fingerprint density at radius 1 is 1.46 bits per heavy atom. The molecule has 2 heterocycles. The maximum Gasteiger partial charge on any atom is 0.449 e. The maximum absolute atomic E-state index is 12.8. The fourth-order valence-electron chi connectivity index (χ4n) is 2.34. The first-order valence-corrected chi connectivity index (χ1v) is 7.29. The van der Waals surface area contributed by atoms with E-state index in [9.17, 15) is 22.8 Å². The Balaban J connectivity index is 1.73. The summed E-state index contributed by atoms with van der Waals surface area (Å²) in [6.45, 7) is 0.973. The summed E-state index contributed by atoms with van der Waals surface area (Å²) in [5, 5.41) is 2.29. The lowest BCUT2D eigenvalue weighted by Crippen LogP contribution is -2.30. The SMILES string of the molecule is Cc1cc(CNC(=O)c2cnc(C3CC3)[nH]c2=O)c(C(F)(F)F)o1. The molecule has 0 bridgehead atoms. The Hall–Kier alpha value is -2.58. The van der Waals surface area contributed by atoms with Crippen LogP contribution in [0, 0.1) is 6.92 Å². The third-order valence-corrected chi connectivity index (χ3v) is 3.66. The molecule has 0 aliphatic heterocycles. The first-order chi connectivity index (χ1) is 11.3. The zero-order valence-electron chi connectivity index (χ0n) is 12.7. The number of hydrogen-bond donors (Lipinski definition) is 2. The van der Waals surface area contributed by atoms with Gasteiger partial charge in [-0.2, -0.15) is 13.2 Å². The van der Waals surface area contributed by atoms with Crippen molar-refractivity contribution >= 4 is 5.91 Å². The predicted molar refractivity (Wildman–Crippen MR) is 76.4 cm³/mol. The monoisotopic (exact) mass is 341 g/mol. The highest BCUT2D eigenvalue weighted by atomic mass is 19.4. The second-order valence-electron chi connectivity index (χ2n) is 5.68. The maximum atomic E-state index is 12.8. The molecule has 6 nitrogen and oxygen atoms in total. The minimum atomic E-state index is -4.65. The number of alkyl halides is 3. The van der Waals surface area contributed by atoms with Gasteiger partial charge in [-0.05, 0) is 25.8 Å². The van der Waals surface area contributed by atoms with Gasteiger partial charge in [0.1, 0.15) is 17.1 Å². The van der Waals surface area contributed by atoms with Gasteiger partial charge in [0.05, 0.1) is 0 Å². The molecule has 2 aromatic heterocycles. The summed E-state index contributed by atoms with van der Waals surface area (Å²) < 4.78 is 43.1. The topological polar surface area (TPSA) is 88.0 Å². The first kappa shape index (κ1) is 16.3. The molecule has 1 amide bonds. The summed E-state index contributed by atoms with van der Waals surface area (Å²) in [6, 6.07) is 1.20. The average Bonchev–Trinajstić information content (AvgIpc) is 3.26.